The molecule has 0 aromatic heterocycles. The van der Waals surface area contributed by atoms with Gasteiger partial charge in [-0.3, -0.25) is 4.90 Å². The summed E-state index contributed by atoms with van der Waals surface area (Å²) < 4.78 is 0. The average Bonchev–Trinajstić information content (AvgIpc) is 2.67. The van der Waals surface area contributed by atoms with E-state index in [0.29, 0.717) is 0 Å². The molecule has 1 rings (SSSR count). The lowest BCUT2D eigenvalue weighted by atomic mass is 10.1. The molecule has 1 atom stereocenters. The van der Waals surface area contributed by atoms with Crippen LogP contribution in [0, 0.1) is 11.8 Å². The van der Waals surface area contributed by atoms with Crippen LogP contribution in [0.1, 0.15) is 46.0 Å². The van der Waals surface area contributed by atoms with Crippen LogP contribution in [-0.4, -0.2) is 6.54 Å². The van der Waals surface area contributed by atoms with Gasteiger partial charge in [-0.2, -0.15) is 0 Å². The molecule has 84 valence electrons. The van der Waals surface area contributed by atoms with E-state index < -0.39 is 0 Å². The molecular weight excluding hydrogens is 184 g/mol. The lowest BCUT2D eigenvalue weighted by Gasteiger charge is -2.05. The van der Waals surface area contributed by atoms with Gasteiger partial charge in [-0.15, -0.1) is 0 Å². The van der Waals surface area contributed by atoms with Gasteiger partial charge >= 0.3 is 0 Å². The molecule has 1 aliphatic rings. The number of unbranched alkanes of at least 4 members (excludes halogenated alkanes) is 4. The van der Waals surface area contributed by atoms with Gasteiger partial charge in [-0.25, -0.2) is 0 Å². The number of allylic oxidation sites excluding steroid dienone is 2. The second-order valence-corrected chi connectivity index (χ2v) is 3.96. The van der Waals surface area contributed by atoms with E-state index in [9.17, 15) is 0 Å². The zero-order valence-electron chi connectivity index (χ0n) is 9.92. The van der Waals surface area contributed by atoms with Gasteiger partial charge in [0.15, 0.2) is 0 Å². The van der Waals surface area contributed by atoms with Gasteiger partial charge < -0.3 is 11.8 Å². The third-order valence-electron chi connectivity index (χ3n) is 2.54. The van der Waals surface area contributed by atoms with Gasteiger partial charge in [0.1, 0.15) is 6.20 Å². The summed E-state index contributed by atoms with van der Waals surface area (Å²) in [7, 11) is 0. The summed E-state index contributed by atoms with van der Waals surface area (Å²) in [5.74, 6) is 0. The van der Waals surface area contributed by atoms with Gasteiger partial charge in [0.05, 0.1) is 12.7 Å². The summed E-state index contributed by atoms with van der Waals surface area (Å²) in [6.07, 6.45) is 13.7. The van der Waals surface area contributed by atoms with Crippen LogP contribution in [0.2, 0.25) is 0 Å². The molecule has 0 spiro atoms. The van der Waals surface area contributed by atoms with E-state index in [2.05, 4.69) is 32.3 Å². The molecule has 0 aromatic rings. The predicted molar refractivity (Wildman–Crippen MR) is 62.5 cm³/mol. The summed E-state index contributed by atoms with van der Waals surface area (Å²) >= 11 is 0. The monoisotopic (exact) mass is 206 g/mol. The lowest BCUT2D eigenvalue weighted by Crippen LogP contribution is -3.01. The van der Waals surface area contributed by atoms with Crippen molar-refractivity contribution in [3.63, 3.8) is 0 Å². The molecule has 2 heteroatoms. The Bertz CT molecular complexity index is 226. The largest absolute Gasteiger partial charge is 0.512 e. The van der Waals surface area contributed by atoms with Crippen molar-refractivity contribution in [1.29, 1.82) is 5.26 Å². The molecule has 0 amide bonds. The van der Waals surface area contributed by atoms with Crippen molar-refractivity contribution < 1.29 is 4.90 Å². The molecule has 0 fully saturated rings. The van der Waals surface area contributed by atoms with Crippen LogP contribution in [0.25, 0.3) is 0 Å². The Kier molecular flexibility index (Phi) is 8.81. The zero-order chi connectivity index (χ0) is 11.5. The Balaban J connectivity index is 0.000000921. The van der Waals surface area contributed by atoms with Crippen LogP contribution in [0.15, 0.2) is 24.0 Å². The van der Waals surface area contributed by atoms with Crippen LogP contribution >= 0.6 is 0 Å². The molecule has 1 heterocycles. The molecule has 1 N–H and O–H groups in total. The van der Waals surface area contributed by atoms with E-state index in [-0.39, 0.29) is 0 Å². The van der Waals surface area contributed by atoms with Crippen LogP contribution in [-0.2, 0) is 0 Å². The normalized spacial score (nSPS) is 18.1. The molecule has 0 aromatic carbocycles. The minimum Gasteiger partial charge on any atom is -0.512 e. The SMILES string of the molecule is CCCCCCC[NH+]1C=CC(C)=C1.[C-]#N. The number of nitrogens with one attached hydrogen (secondary N) is 1. The highest BCUT2D eigenvalue weighted by molar-refractivity contribution is 5.14. The number of hydrogen-bond donors (Lipinski definition) is 1. The second kappa shape index (κ2) is 9.48. The Morgan fingerprint density at radius 1 is 1.20 bits per heavy atom. The average molecular weight is 206 g/mol. The molecule has 15 heavy (non-hydrogen) atoms. The van der Waals surface area contributed by atoms with Gasteiger partial charge in [0, 0.05) is 5.57 Å². The van der Waals surface area contributed by atoms with Crippen molar-refractivity contribution in [2.75, 3.05) is 6.54 Å². The molecule has 0 saturated carbocycles. The van der Waals surface area contributed by atoms with E-state index in [1.165, 1.54) is 49.1 Å². The van der Waals surface area contributed by atoms with Gasteiger partial charge in [-0.1, -0.05) is 26.2 Å². The minimum absolute atomic E-state index is 1.28. The molecule has 2 nitrogen and oxygen atoms in total. The van der Waals surface area contributed by atoms with E-state index in [1.807, 2.05) is 0 Å². The Morgan fingerprint density at radius 3 is 2.40 bits per heavy atom. The maximum absolute atomic E-state index is 6.25. The minimum atomic E-state index is 1.28. The first-order chi connectivity index (χ1) is 7.33. The van der Waals surface area contributed by atoms with E-state index in [0.717, 1.165) is 0 Å². The van der Waals surface area contributed by atoms with Crippen LogP contribution in [0.4, 0.5) is 0 Å². The highest BCUT2D eigenvalue weighted by Gasteiger charge is 2.06. The molecule has 0 saturated heterocycles. The topological polar surface area (TPSA) is 28.2 Å². The number of hydrogen-bond acceptors (Lipinski definition) is 1. The third kappa shape index (κ3) is 6.93. The predicted octanol–water partition coefficient (Wildman–Crippen LogP) is 2.37. The summed E-state index contributed by atoms with van der Waals surface area (Å²) in [6.45, 7) is 10.5. The Morgan fingerprint density at radius 2 is 1.87 bits per heavy atom. The first-order valence-electron chi connectivity index (χ1n) is 5.77. The van der Waals surface area contributed by atoms with Crippen molar-refractivity contribution in [2.45, 2.75) is 46.0 Å². The Labute approximate surface area is 93.9 Å². The van der Waals surface area contributed by atoms with Crippen molar-refractivity contribution in [2.24, 2.45) is 0 Å². The summed E-state index contributed by atoms with van der Waals surface area (Å²) in [4.78, 5) is 1.52. The first-order valence-corrected chi connectivity index (χ1v) is 5.77. The maximum Gasteiger partial charge on any atom is 0.102 e. The smallest absolute Gasteiger partial charge is 0.102 e. The molecule has 1 aliphatic heterocycles. The molecular formula is C13H22N2. The van der Waals surface area contributed by atoms with Crippen molar-refractivity contribution in [3.05, 3.63) is 30.6 Å². The van der Waals surface area contributed by atoms with Crippen molar-refractivity contribution >= 4 is 0 Å². The quantitative estimate of drug-likeness (QED) is 0.524. The summed E-state index contributed by atoms with van der Waals surface area (Å²) in [5.41, 5.74) is 1.41. The van der Waals surface area contributed by atoms with Crippen molar-refractivity contribution in [3.8, 4) is 0 Å². The van der Waals surface area contributed by atoms with E-state index in [1.54, 1.807) is 0 Å². The highest BCUT2D eigenvalue weighted by atomic mass is 15.1. The summed E-state index contributed by atoms with van der Waals surface area (Å²) in [6, 6.07) is 0. The first kappa shape index (κ1) is 13.9. The van der Waals surface area contributed by atoms with Crippen LogP contribution in [0.5, 0.6) is 0 Å². The van der Waals surface area contributed by atoms with Crippen molar-refractivity contribution in [1.82, 2.24) is 0 Å². The van der Waals surface area contributed by atoms with Gasteiger partial charge in [0.25, 0.3) is 0 Å². The number of nitrogens with zero attached hydrogens (tertiary/aromatic N) is 1. The zero-order valence-corrected chi connectivity index (χ0v) is 9.92. The number of quaternary nitrogens is 1. The van der Waals surface area contributed by atoms with Crippen LogP contribution < -0.4 is 4.90 Å². The molecule has 0 aliphatic carbocycles. The Hall–Kier alpha value is -1.07. The fourth-order valence-electron chi connectivity index (χ4n) is 1.72. The lowest BCUT2D eigenvalue weighted by molar-refractivity contribution is -0.788. The van der Waals surface area contributed by atoms with E-state index in [4.69, 9.17) is 11.8 Å². The van der Waals surface area contributed by atoms with E-state index >= 15 is 0 Å². The molecule has 0 radical (unpaired) electrons. The second-order valence-electron chi connectivity index (χ2n) is 3.96. The fraction of sp³-hybridized carbons (Fsp3) is 0.615. The summed E-state index contributed by atoms with van der Waals surface area (Å²) in [5, 5.41) is 6.25. The highest BCUT2D eigenvalue weighted by Crippen LogP contribution is 2.01. The number of rotatable bonds is 6. The maximum atomic E-state index is 6.25. The third-order valence-corrected chi connectivity index (χ3v) is 2.54. The van der Waals surface area contributed by atoms with Gasteiger partial charge in [-0.05, 0) is 25.8 Å². The molecule has 1 unspecified atom stereocenters. The fourth-order valence-corrected chi connectivity index (χ4v) is 1.72. The standard InChI is InChI=1S/C12H21N.CN/c1-3-4-5-6-7-9-13-10-8-12(2)11-13;1-2/h8,10-11H,3-7,9H2,1-2H3;/q;-1/p+1. The molecule has 0 bridgehead atoms. The van der Waals surface area contributed by atoms with Gasteiger partial charge in [0.2, 0.25) is 0 Å². The van der Waals surface area contributed by atoms with Crippen LogP contribution in [0.3, 0.4) is 0 Å².